The zero-order valence-electron chi connectivity index (χ0n) is 17.2. The Morgan fingerprint density at radius 3 is 2.47 bits per heavy atom. The molecular formula is C22H26N4O2S2. The highest BCUT2D eigenvalue weighted by Gasteiger charge is 2.14. The number of hydrogen-bond donors (Lipinski definition) is 2. The summed E-state index contributed by atoms with van der Waals surface area (Å²) in [4.78, 5) is 33.3. The smallest absolute Gasteiger partial charge is 0.252 e. The minimum Gasteiger partial charge on any atom is -0.289 e. The highest BCUT2D eigenvalue weighted by Crippen LogP contribution is 2.17. The van der Waals surface area contributed by atoms with Gasteiger partial charge in [-0.15, -0.1) is 22.7 Å². The summed E-state index contributed by atoms with van der Waals surface area (Å²) in [6.45, 7) is 5.62. The van der Waals surface area contributed by atoms with Crippen LogP contribution >= 0.6 is 22.7 Å². The van der Waals surface area contributed by atoms with Crippen LogP contribution in [0.2, 0.25) is 0 Å². The average Bonchev–Trinajstić information content (AvgIpc) is 3.33. The van der Waals surface area contributed by atoms with Gasteiger partial charge < -0.3 is 0 Å². The van der Waals surface area contributed by atoms with E-state index < -0.39 is 0 Å². The van der Waals surface area contributed by atoms with Crippen LogP contribution in [0.1, 0.15) is 26.0 Å². The number of thiophene rings is 1. The minimum atomic E-state index is -0.276. The van der Waals surface area contributed by atoms with Gasteiger partial charge in [-0.05, 0) is 38.0 Å². The average molecular weight is 443 g/mol. The summed E-state index contributed by atoms with van der Waals surface area (Å²) in [7, 11) is 0. The maximum atomic E-state index is 12.4. The molecule has 0 fully saturated rings. The van der Waals surface area contributed by atoms with Gasteiger partial charge in [-0.2, -0.15) is 0 Å². The maximum Gasteiger partial charge on any atom is 0.252 e. The van der Waals surface area contributed by atoms with Crippen molar-refractivity contribution < 1.29 is 9.59 Å². The van der Waals surface area contributed by atoms with Crippen LogP contribution < -0.4 is 10.9 Å². The number of amides is 2. The second-order valence-corrected chi connectivity index (χ2v) is 9.43. The number of rotatable bonds is 9. The fourth-order valence-electron chi connectivity index (χ4n) is 2.98. The molecule has 2 heterocycles. The van der Waals surface area contributed by atoms with Crippen molar-refractivity contribution in [2.75, 3.05) is 13.1 Å². The topological polar surface area (TPSA) is 74.3 Å². The number of nitrogens with one attached hydrogen (secondary N) is 2. The molecule has 0 bridgehead atoms. The van der Waals surface area contributed by atoms with E-state index in [0.717, 1.165) is 23.7 Å². The number of benzene rings is 1. The zero-order chi connectivity index (χ0) is 21.3. The summed E-state index contributed by atoms with van der Waals surface area (Å²) in [5.41, 5.74) is 7.15. The molecule has 3 aromatic rings. The van der Waals surface area contributed by atoms with E-state index >= 15 is 0 Å². The third-order valence-electron chi connectivity index (χ3n) is 4.42. The Hall–Kier alpha value is -2.55. The van der Waals surface area contributed by atoms with E-state index in [1.54, 1.807) is 11.3 Å². The molecule has 2 N–H and O–H groups in total. The predicted octanol–water partition coefficient (Wildman–Crippen LogP) is 3.26. The first kappa shape index (κ1) is 22.1. The molecule has 0 unspecified atom stereocenters. The van der Waals surface area contributed by atoms with Crippen molar-refractivity contribution in [3.63, 3.8) is 0 Å². The van der Waals surface area contributed by atoms with Gasteiger partial charge >= 0.3 is 0 Å². The molecule has 0 aliphatic carbocycles. The van der Waals surface area contributed by atoms with Gasteiger partial charge in [-0.25, -0.2) is 4.98 Å². The van der Waals surface area contributed by atoms with Crippen LogP contribution in [0.5, 0.6) is 0 Å². The first-order valence-corrected chi connectivity index (χ1v) is 11.5. The second kappa shape index (κ2) is 11.0. The molecule has 30 heavy (non-hydrogen) atoms. The molecule has 0 aliphatic rings. The van der Waals surface area contributed by atoms with E-state index in [4.69, 9.17) is 0 Å². The lowest BCUT2D eigenvalue weighted by Crippen LogP contribution is -2.47. The van der Waals surface area contributed by atoms with Gasteiger partial charge in [0.1, 0.15) is 5.01 Å². The molecule has 2 aromatic heterocycles. The highest BCUT2D eigenvalue weighted by atomic mass is 32.1. The molecular weight excluding hydrogens is 416 g/mol. The monoisotopic (exact) mass is 442 g/mol. The lowest BCUT2D eigenvalue weighted by Gasteiger charge is -2.21. The molecule has 0 atom stereocenters. The Morgan fingerprint density at radius 1 is 1.03 bits per heavy atom. The van der Waals surface area contributed by atoms with Gasteiger partial charge in [0, 0.05) is 33.9 Å². The Morgan fingerprint density at radius 2 is 1.80 bits per heavy atom. The minimum absolute atomic E-state index is 0.158. The molecule has 0 saturated carbocycles. The van der Waals surface area contributed by atoms with E-state index in [-0.39, 0.29) is 24.8 Å². The summed E-state index contributed by atoms with van der Waals surface area (Å²) in [5, 5.41) is 2.63. The van der Waals surface area contributed by atoms with E-state index in [1.807, 2.05) is 30.5 Å². The van der Waals surface area contributed by atoms with E-state index in [1.165, 1.54) is 26.7 Å². The summed E-state index contributed by atoms with van der Waals surface area (Å²) < 4.78 is 0. The van der Waals surface area contributed by atoms with Crippen LogP contribution in [0.3, 0.4) is 0 Å². The van der Waals surface area contributed by atoms with E-state index in [0.29, 0.717) is 6.54 Å². The number of aromatic nitrogens is 1. The van der Waals surface area contributed by atoms with Crippen LogP contribution in [0, 0.1) is 13.8 Å². The molecule has 158 valence electrons. The van der Waals surface area contributed by atoms with Gasteiger partial charge in [-0.3, -0.25) is 25.3 Å². The summed E-state index contributed by atoms with van der Waals surface area (Å²) >= 11 is 3.18. The van der Waals surface area contributed by atoms with Crippen molar-refractivity contribution >= 4 is 34.5 Å². The van der Waals surface area contributed by atoms with Gasteiger partial charge in [0.05, 0.1) is 13.0 Å². The van der Waals surface area contributed by atoms with Gasteiger partial charge in [0.25, 0.3) is 5.91 Å². The lowest BCUT2D eigenvalue weighted by molar-refractivity contribution is -0.129. The zero-order valence-corrected chi connectivity index (χ0v) is 18.8. The molecule has 0 spiro atoms. The molecule has 6 nitrogen and oxygen atoms in total. The van der Waals surface area contributed by atoms with E-state index in [2.05, 4.69) is 51.9 Å². The number of hydrogen-bond acceptors (Lipinski definition) is 6. The predicted molar refractivity (Wildman–Crippen MR) is 121 cm³/mol. The maximum absolute atomic E-state index is 12.4. The molecule has 2 amide bonds. The van der Waals surface area contributed by atoms with Crippen molar-refractivity contribution in [1.29, 1.82) is 0 Å². The van der Waals surface area contributed by atoms with Crippen molar-refractivity contribution in [1.82, 2.24) is 20.7 Å². The quantitative estimate of drug-likeness (QED) is 0.499. The SMILES string of the molecule is Cc1csc(CC(=O)NNC(=O)CN(CCc2ccccc2)Cc2ccc(C)s2)n1. The van der Waals surface area contributed by atoms with Crippen molar-refractivity contribution in [3.05, 3.63) is 73.9 Å². The third-order valence-corrected chi connectivity index (χ3v) is 6.37. The number of thiazole rings is 1. The van der Waals surface area contributed by atoms with Crippen molar-refractivity contribution in [2.24, 2.45) is 0 Å². The summed E-state index contributed by atoms with van der Waals surface area (Å²) in [6, 6.07) is 14.4. The van der Waals surface area contributed by atoms with Crippen LogP contribution in [0.4, 0.5) is 0 Å². The van der Waals surface area contributed by atoms with Crippen molar-refractivity contribution in [2.45, 2.75) is 33.2 Å². The standard InChI is InChI=1S/C22H26N4O2S2/c1-16-15-29-22(23-16)12-20(27)24-25-21(28)14-26(13-19-9-8-17(2)30-19)11-10-18-6-4-3-5-7-18/h3-9,15H,10-14H2,1-2H3,(H,24,27)(H,25,28). The number of aryl methyl sites for hydroxylation is 2. The van der Waals surface area contributed by atoms with Crippen LogP contribution in [0.25, 0.3) is 0 Å². The fourth-order valence-corrected chi connectivity index (χ4v) is 4.69. The summed E-state index contributed by atoms with van der Waals surface area (Å²) in [5.74, 6) is -0.512. The Balaban J connectivity index is 1.51. The number of hydrazine groups is 1. The lowest BCUT2D eigenvalue weighted by atomic mass is 10.1. The number of nitrogens with zero attached hydrogens (tertiary/aromatic N) is 2. The van der Waals surface area contributed by atoms with Crippen LogP contribution in [0.15, 0.2) is 47.8 Å². The molecule has 0 aliphatic heterocycles. The molecule has 0 saturated heterocycles. The largest absolute Gasteiger partial charge is 0.289 e. The molecule has 3 rings (SSSR count). The number of carbonyl (C=O) groups is 2. The molecule has 1 aromatic carbocycles. The molecule has 8 heteroatoms. The number of carbonyl (C=O) groups excluding carboxylic acids is 2. The van der Waals surface area contributed by atoms with E-state index in [9.17, 15) is 9.59 Å². The Labute approximate surface area is 184 Å². The van der Waals surface area contributed by atoms with Gasteiger partial charge in [0.2, 0.25) is 5.91 Å². The fraction of sp³-hybridized carbons (Fsp3) is 0.318. The normalized spacial score (nSPS) is 10.9. The molecule has 0 radical (unpaired) electrons. The first-order chi connectivity index (χ1) is 14.5. The third kappa shape index (κ3) is 7.37. The van der Waals surface area contributed by atoms with Gasteiger partial charge in [0.15, 0.2) is 0 Å². The van der Waals surface area contributed by atoms with Gasteiger partial charge in [-0.1, -0.05) is 30.3 Å². The summed E-state index contributed by atoms with van der Waals surface area (Å²) in [6.07, 6.45) is 1.01. The Kier molecular flexibility index (Phi) is 8.12. The Bertz CT molecular complexity index is 968. The van der Waals surface area contributed by atoms with Crippen molar-refractivity contribution in [3.8, 4) is 0 Å². The highest BCUT2D eigenvalue weighted by molar-refractivity contribution is 7.11. The second-order valence-electron chi connectivity index (χ2n) is 7.11. The van der Waals surface area contributed by atoms with Crippen LogP contribution in [-0.2, 0) is 29.0 Å². The van der Waals surface area contributed by atoms with Crippen LogP contribution in [-0.4, -0.2) is 34.8 Å². The first-order valence-electron chi connectivity index (χ1n) is 9.78.